The van der Waals surface area contributed by atoms with Gasteiger partial charge in [0.1, 0.15) is 0 Å². The number of carbonyl (C=O) groups excluding carboxylic acids is 1. The van der Waals surface area contributed by atoms with E-state index in [0.717, 1.165) is 25.7 Å². The summed E-state index contributed by atoms with van der Waals surface area (Å²) in [4.78, 5) is 21.4. The number of nitrogens with one attached hydrogen (secondary N) is 2. The summed E-state index contributed by atoms with van der Waals surface area (Å²) >= 11 is 0. The lowest BCUT2D eigenvalue weighted by atomic mass is 10.2. The van der Waals surface area contributed by atoms with Gasteiger partial charge < -0.3 is 20.8 Å². The van der Waals surface area contributed by atoms with Gasteiger partial charge in [-0.2, -0.15) is 0 Å². The van der Waals surface area contributed by atoms with E-state index in [-0.39, 0.29) is 19.0 Å². The number of carboxylic acids is 1. The van der Waals surface area contributed by atoms with E-state index in [1.807, 2.05) is 0 Å². The maximum Gasteiger partial charge on any atom is 0.332 e. The maximum absolute atomic E-state index is 11.2. The molecule has 1 atom stereocenters. The van der Waals surface area contributed by atoms with Crippen LogP contribution in [0.3, 0.4) is 0 Å². The number of carboxylic acid groups (broad SMARTS) is 1. The second-order valence-corrected chi connectivity index (χ2v) is 3.89. The number of aliphatic hydroxyl groups excluding tert-OH is 1. The average Bonchev–Trinajstić information content (AvgIpc) is 2.28. The van der Waals surface area contributed by atoms with E-state index < -0.39 is 12.1 Å². The Morgan fingerprint density at radius 1 is 1.12 bits per heavy atom. The molecule has 0 heterocycles. The second kappa shape index (κ2) is 9.89. The highest BCUT2D eigenvalue weighted by atomic mass is 16.4. The Bertz CT molecular complexity index is 234. The van der Waals surface area contributed by atoms with Crippen molar-refractivity contribution in [3.8, 4) is 0 Å². The van der Waals surface area contributed by atoms with Crippen molar-refractivity contribution in [1.82, 2.24) is 10.6 Å². The van der Waals surface area contributed by atoms with Crippen molar-refractivity contribution in [3.63, 3.8) is 0 Å². The number of rotatable bonds is 9. The third-order valence-corrected chi connectivity index (χ3v) is 2.30. The molecular formula is C11H22N2O4. The quantitative estimate of drug-likeness (QED) is 0.450. The van der Waals surface area contributed by atoms with Crippen LogP contribution in [0.2, 0.25) is 0 Å². The fourth-order valence-electron chi connectivity index (χ4n) is 1.26. The predicted octanol–water partition coefficient (Wildman–Crippen LogP) is 0.701. The molecule has 6 heteroatoms. The fraction of sp³-hybridized carbons (Fsp3) is 0.818. The van der Waals surface area contributed by atoms with Gasteiger partial charge in [-0.15, -0.1) is 0 Å². The number of unbranched alkanes of at least 4 members (excludes halogenated alkanes) is 3. The smallest absolute Gasteiger partial charge is 0.332 e. The Labute approximate surface area is 101 Å². The summed E-state index contributed by atoms with van der Waals surface area (Å²) in [6.07, 6.45) is 2.94. The number of carbonyl (C=O) groups is 2. The van der Waals surface area contributed by atoms with Crippen LogP contribution in [0.25, 0.3) is 0 Å². The first-order chi connectivity index (χ1) is 8.07. The third-order valence-electron chi connectivity index (χ3n) is 2.30. The van der Waals surface area contributed by atoms with Gasteiger partial charge in [-0.3, -0.25) is 0 Å². The van der Waals surface area contributed by atoms with Crippen molar-refractivity contribution in [1.29, 1.82) is 0 Å². The largest absolute Gasteiger partial charge is 0.479 e. The molecule has 0 aliphatic carbocycles. The Kier molecular flexibility index (Phi) is 9.14. The van der Waals surface area contributed by atoms with Crippen molar-refractivity contribution < 1.29 is 19.8 Å². The average molecular weight is 246 g/mol. The van der Waals surface area contributed by atoms with Crippen molar-refractivity contribution in [3.05, 3.63) is 0 Å². The maximum atomic E-state index is 11.2. The Balaban J connectivity index is 3.38. The number of urea groups is 1. The molecule has 0 aromatic rings. The van der Waals surface area contributed by atoms with E-state index in [1.165, 1.54) is 0 Å². The molecule has 6 nitrogen and oxygen atoms in total. The van der Waals surface area contributed by atoms with E-state index in [1.54, 1.807) is 0 Å². The first-order valence-corrected chi connectivity index (χ1v) is 6.00. The molecule has 17 heavy (non-hydrogen) atoms. The van der Waals surface area contributed by atoms with Crippen molar-refractivity contribution in [2.45, 2.75) is 45.1 Å². The van der Waals surface area contributed by atoms with Gasteiger partial charge in [-0.25, -0.2) is 9.59 Å². The molecule has 0 spiro atoms. The first-order valence-electron chi connectivity index (χ1n) is 6.00. The standard InChI is InChI=1S/C11H22N2O4/c1-2-3-4-5-7-12-11(17)13-8-6-9(14)10(15)16/h9,14H,2-8H2,1H3,(H,15,16)(H2,12,13,17). The van der Waals surface area contributed by atoms with Crippen LogP contribution in [-0.4, -0.2) is 41.4 Å². The SMILES string of the molecule is CCCCCCNC(=O)NCCC(O)C(=O)O. The van der Waals surface area contributed by atoms with E-state index in [2.05, 4.69) is 17.6 Å². The van der Waals surface area contributed by atoms with Crippen LogP contribution in [0.15, 0.2) is 0 Å². The molecule has 0 aliphatic rings. The molecule has 0 bridgehead atoms. The van der Waals surface area contributed by atoms with Crippen LogP contribution in [0.4, 0.5) is 4.79 Å². The first kappa shape index (κ1) is 15.7. The molecule has 0 radical (unpaired) electrons. The van der Waals surface area contributed by atoms with Crippen molar-refractivity contribution in [2.75, 3.05) is 13.1 Å². The number of hydrogen-bond donors (Lipinski definition) is 4. The summed E-state index contributed by atoms with van der Waals surface area (Å²) in [5.41, 5.74) is 0. The van der Waals surface area contributed by atoms with Gasteiger partial charge in [-0.05, 0) is 6.42 Å². The molecule has 4 N–H and O–H groups in total. The van der Waals surface area contributed by atoms with E-state index in [4.69, 9.17) is 10.2 Å². The zero-order chi connectivity index (χ0) is 13.1. The molecule has 0 saturated carbocycles. The summed E-state index contributed by atoms with van der Waals surface area (Å²) in [6, 6.07) is -0.320. The molecule has 0 aliphatic heterocycles. The topological polar surface area (TPSA) is 98.7 Å². The Morgan fingerprint density at radius 3 is 2.35 bits per heavy atom. The minimum absolute atomic E-state index is 0.0125. The van der Waals surface area contributed by atoms with Crippen LogP contribution >= 0.6 is 0 Å². The summed E-state index contributed by atoms with van der Waals surface area (Å²) in [5.74, 6) is -1.27. The van der Waals surface area contributed by atoms with E-state index in [0.29, 0.717) is 6.54 Å². The predicted molar refractivity (Wildman–Crippen MR) is 63.8 cm³/mol. The van der Waals surface area contributed by atoms with E-state index >= 15 is 0 Å². The molecule has 0 aromatic carbocycles. The highest BCUT2D eigenvalue weighted by Gasteiger charge is 2.12. The second-order valence-electron chi connectivity index (χ2n) is 3.89. The van der Waals surface area contributed by atoms with Crippen molar-refractivity contribution >= 4 is 12.0 Å². The number of aliphatic hydroxyl groups is 1. The Morgan fingerprint density at radius 2 is 1.76 bits per heavy atom. The van der Waals surface area contributed by atoms with Crippen LogP contribution in [0.1, 0.15) is 39.0 Å². The van der Waals surface area contributed by atoms with Gasteiger partial charge in [-0.1, -0.05) is 26.2 Å². The molecule has 0 aromatic heterocycles. The molecule has 0 rings (SSSR count). The van der Waals surface area contributed by atoms with Gasteiger partial charge >= 0.3 is 12.0 Å². The molecule has 100 valence electrons. The summed E-state index contributed by atoms with van der Waals surface area (Å²) in [5, 5.41) is 22.5. The number of aliphatic carboxylic acids is 1. The molecule has 2 amide bonds. The van der Waals surface area contributed by atoms with Gasteiger partial charge in [0.15, 0.2) is 6.10 Å². The highest BCUT2D eigenvalue weighted by Crippen LogP contribution is 1.96. The lowest BCUT2D eigenvalue weighted by molar-refractivity contribution is -0.146. The molecule has 1 unspecified atom stereocenters. The zero-order valence-corrected chi connectivity index (χ0v) is 10.2. The lowest BCUT2D eigenvalue weighted by Gasteiger charge is -2.08. The van der Waals surface area contributed by atoms with Crippen molar-refractivity contribution in [2.24, 2.45) is 0 Å². The third kappa shape index (κ3) is 9.62. The molecule has 0 fully saturated rings. The fourth-order valence-corrected chi connectivity index (χ4v) is 1.26. The van der Waals surface area contributed by atoms with Gasteiger partial charge in [0.2, 0.25) is 0 Å². The minimum Gasteiger partial charge on any atom is -0.479 e. The normalized spacial score (nSPS) is 11.9. The zero-order valence-electron chi connectivity index (χ0n) is 10.2. The van der Waals surface area contributed by atoms with Crippen LogP contribution in [0, 0.1) is 0 Å². The number of amides is 2. The summed E-state index contributed by atoms with van der Waals surface area (Å²) < 4.78 is 0. The monoisotopic (exact) mass is 246 g/mol. The van der Waals surface area contributed by atoms with Crippen LogP contribution in [0.5, 0.6) is 0 Å². The number of hydrogen-bond acceptors (Lipinski definition) is 3. The minimum atomic E-state index is -1.42. The summed E-state index contributed by atoms with van der Waals surface area (Å²) in [6.45, 7) is 2.88. The highest BCUT2D eigenvalue weighted by molar-refractivity contribution is 5.74. The van der Waals surface area contributed by atoms with Crippen LogP contribution in [-0.2, 0) is 4.79 Å². The van der Waals surface area contributed by atoms with Crippen LogP contribution < -0.4 is 10.6 Å². The molecule has 0 saturated heterocycles. The Hall–Kier alpha value is -1.30. The molecular weight excluding hydrogens is 224 g/mol. The van der Waals surface area contributed by atoms with Gasteiger partial charge in [0.05, 0.1) is 0 Å². The summed E-state index contributed by atoms with van der Waals surface area (Å²) in [7, 11) is 0. The van der Waals surface area contributed by atoms with Gasteiger partial charge in [0.25, 0.3) is 0 Å². The van der Waals surface area contributed by atoms with Gasteiger partial charge in [0, 0.05) is 19.5 Å². The lowest BCUT2D eigenvalue weighted by Crippen LogP contribution is -2.38. The van der Waals surface area contributed by atoms with E-state index in [9.17, 15) is 9.59 Å².